The van der Waals surface area contributed by atoms with Gasteiger partial charge in [0.1, 0.15) is 5.69 Å². The van der Waals surface area contributed by atoms with Crippen molar-refractivity contribution < 1.29 is 9.59 Å². The van der Waals surface area contributed by atoms with E-state index in [-0.39, 0.29) is 23.7 Å². The number of nitrogens with zero attached hydrogens (tertiary/aromatic N) is 2. The predicted octanol–water partition coefficient (Wildman–Crippen LogP) is 6.61. The van der Waals surface area contributed by atoms with Gasteiger partial charge < -0.3 is 0 Å². The van der Waals surface area contributed by atoms with Crippen LogP contribution in [0.4, 0.5) is 0 Å². The van der Waals surface area contributed by atoms with Crippen LogP contribution in [0.2, 0.25) is 10.0 Å². The Morgan fingerprint density at radius 1 is 0.839 bits per heavy atom. The molecule has 1 heterocycles. The first-order chi connectivity index (χ1) is 14.9. The van der Waals surface area contributed by atoms with Crippen LogP contribution in [-0.4, -0.2) is 21.3 Å². The van der Waals surface area contributed by atoms with Crippen LogP contribution in [0.15, 0.2) is 78.9 Å². The van der Waals surface area contributed by atoms with E-state index in [4.69, 9.17) is 23.2 Å². The van der Waals surface area contributed by atoms with Gasteiger partial charge in [-0.2, -0.15) is 5.10 Å². The van der Waals surface area contributed by atoms with Gasteiger partial charge in [0.05, 0.1) is 17.8 Å². The smallest absolute Gasteiger partial charge is 0.190 e. The zero-order valence-corrected chi connectivity index (χ0v) is 18.2. The molecule has 1 aromatic heterocycles. The highest BCUT2D eigenvalue weighted by Crippen LogP contribution is 2.27. The topological polar surface area (TPSA) is 52.0 Å². The van der Waals surface area contributed by atoms with Gasteiger partial charge in [0.25, 0.3) is 0 Å². The highest BCUT2D eigenvalue weighted by molar-refractivity contribution is 6.31. The summed E-state index contributed by atoms with van der Waals surface area (Å²) >= 11 is 11.9. The van der Waals surface area contributed by atoms with Crippen molar-refractivity contribution in [3.8, 4) is 16.9 Å². The van der Waals surface area contributed by atoms with Crippen LogP contribution in [0.25, 0.3) is 16.9 Å². The Morgan fingerprint density at radius 2 is 1.45 bits per heavy atom. The summed E-state index contributed by atoms with van der Waals surface area (Å²) in [6.07, 6.45) is -0.271. The lowest BCUT2D eigenvalue weighted by atomic mass is 10.0. The molecule has 0 unspecified atom stereocenters. The summed E-state index contributed by atoms with van der Waals surface area (Å²) in [7, 11) is 0. The van der Waals surface area contributed by atoms with Crippen LogP contribution >= 0.6 is 23.2 Å². The van der Waals surface area contributed by atoms with Crippen LogP contribution in [0.3, 0.4) is 0 Å². The molecule has 0 spiro atoms. The molecule has 0 saturated carbocycles. The molecule has 0 aliphatic carbocycles. The maximum atomic E-state index is 12.9. The second kappa shape index (κ2) is 8.88. The summed E-state index contributed by atoms with van der Waals surface area (Å²) in [5.41, 5.74) is 4.15. The predicted molar refractivity (Wildman–Crippen MR) is 123 cm³/mol. The van der Waals surface area contributed by atoms with Gasteiger partial charge in [-0.25, -0.2) is 4.68 Å². The molecular formula is C25H18Cl2N2O2. The molecule has 0 aliphatic heterocycles. The Morgan fingerprint density at radius 3 is 2.10 bits per heavy atom. The van der Waals surface area contributed by atoms with Gasteiger partial charge in [-0.3, -0.25) is 9.59 Å². The Hall–Kier alpha value is -3.21. The number of aromatic nitrogens is 2. The number of carbonyl (C=O) groups excluding carboxylic acids is 2. The fraction of sp³-hybridized carbons (Fsp3) is 0.0800. The third-order valence-electron chi connectivity index (χ3n) is 4.97. The highest BCUT2D eigenvalue weighted by atomic mass is 35.5. The third kappa shape index (κ3) is 4.61. The van der Waals surface area contributed by atoms with E-state index < -0.39 is 0 Å². The summed E-state index contributed by atoms with van der Waals surface area (Å²) in [4.78, 5) is 25.5. The monoisotopic (exact) mass is 448 g/mol. The minimum atomic E-state index is -0.345. The normalized spacial score (nSPS) is 10.8. The van der Waals surface area contributed by atoms with Crippen molar-refractivity contribution in [1.29, 1.82) is 0 Å². The molecule has 4 nitrogen and oxygen atoms in total. The van der Waals surface area contributed by atoms with Crippen molar-refractivity contribution in [1.82, 2.24) is 9.78 Å². The number of Topliss-reactive ketones (excluding diaryl/α,β-unsaturated/α-hetero) is 2. The Balaban J connectivity index is 1.71. The van der Waals surface area contributed by atoms with E-state index >= 15 is 0 Å². The molecule has 0 N–H and O–H groups in total. The van der Waals surface area contributed by atoms with Crippen molar-refractivity contribution in [3.63, 3.8) is 0 Å². The lowest BCUT2D eigenvalue weighted by Crippen LogP contribution is -2.10. The van der Waals surface area contributed by atoms with Crippen molar-refractivity contribution in [3.05, 3.63) is 106 Å². The van der Waals surface area contributed by atoms with Crippen LogP contribution in [0, 0.1) is 6.92 Å². The van der Waals surface area contributed by atoms with Gasteiger partial charge in [-0.05, 0) is 61.0 Å². The molecule has 0 aliphatic rings. The van der Waals surface area contributed by atoms with E-state index in [0.717, 1.165) is 22.5 Å². The molecule has 0 atom stereocenters. The Bertz CT molecular complexity index is 1260. The number of hydrogen-bond acceptors (Lipinski definition) is 3. The molecule has 4 aromatic rings. The molecule has 3 aromatic carbocycles. The lowest BCUT2D eigenvalue weighted by molar-refractivity contribution is 0.0891. The summed E-state index contributed by atoms with van der Waals surface area (Å²) < 4.78 is 1.73. The van der Waals surface area contributed by atoms with Crippen LogP contribution in [0.5, 0.6) is 0 Å². The number of aryl methyl sites for hydroxylation is 1. The number of ketones is 2. The largest absolute Gasteiger partial charge is 0.294 e. The first-order valence-corrected chi connectivity index (χ1v) is 10.4. The number of hydrogen-bond donors (Lipinski definition) is 0. The molecule has 0 saturated heterocycles. The molecule has 0 amide bonds. The van der Waals surface area contributed by atoms with Gasteiger partial charge in [-0.1, -0.05) is 53.5 Å². The van der Waals surface area contributed by atoms with Gasteiger partial charge in [0, 0.05) is 21.2 Å². The summed E-state index contributed by atoms with van der Waals surface area (Å²) in [6.45, 7) is 1.98. The average Bonchev–Trinajstić information content (AvgIpc) is 3.20. The van der Waals surface area contributed by atoms with E-state index in [0.29, 0.717) is 15.6 Å². The van der Waals surface area contributed by atoms with E-state index in [1.807, 2.05) is 43.3 Å². The van der Waals surface area contributed by atoms with Crippen molar-refractivity contribution in [2.45, 2.75) is 13.3 Å². The number of rotatable bonds is 6. The summed E-state index contributed by atoms with van der Waals surface area (Å²) in [5, 5.41) is 5.72. The quantitative estimate of drug-likeness (QED) is 0.246. The minimum Gasteiger partial charge on any atom is -0.294 e. The number of carbonyl (C=O) groups is 2. The molecule has 31 heavy (non-hydrogen) atoms. The molecule has 4 rings (SSSR count). The highest BCUT2D eigenvalue weighted by Gasteiger charge is 2.20. The first-order valence-electron chi connectivity index (χ1n) is 9.66. The zero-order valence-electron chi connectivity index (χ0n) is 16.7. The molecule has 154 valence electrons. The maximum Gasteiger partial charge on any atom is 0.190 e. The van der Waals surface area contributed by atoms with Crippen molar-refractivity contribution in [2.24, 2.45) is 0 Å². The molecular weight excluding hydrogens is 431 g/mol. The van der Waals surface area contributed by atoms with E-state index in [1.54, 1.807) is 47.1 Å². The number of benzene rings is 3. The average molecular weight is 449 g/mol. The SMILES string of the molecule is Cc1ccccc1-n1nc(C(=O)CC(=O)c2ccc(Cl)cc2)cc1-c1ccc(Cl)cc1. The number of halogens is 2. The third-order valence-corrected chi connectivity index (χ3v) is 5.47. The molecule has 0 bridgehead atoms. The Labute approximate surface area is 190 Å². The van der Waals surface area contributed by atoms with Crippen LogP contribution < -0.4 is 0 Å². The van der Waals surface area contributed by atoms with Crippen molar-refractivity contribution >= 4 is 34.8 Å². The van der Waals surface area contributed by atoms with Gasteiger partial charge in [-0.15, -0.1) is 0 Å². The van der Waals surface area contributed by atoms with Crippen LogP contribution in [-0.2, 0) is 0 Å². The lowest BCUT2D eigenvalue weighted by Gasteiger charge is -2.10. The molecule has 0 radical (unpaired) electrons. The van der Waals surface area contributed by atoms with Crippen LogP contribution in [0.1, 0.15) is 32.8 Å². The summed E-state index contributed by atoms with van der Waals surface area (Å²) in [5.74, 6) is -0.623. The van der Waals surface area contributed by atoms with E-state index in [2.05, 4.69) is 5.10 Å². The van der Waals surface area contributed by atoms with E-state index in [1.165, 1.54) is 0 Å². The zero-order chi connectivity index (χ0) is 22.0. The number of para-hydroxylation sites is 1. The van der Waals surface area contributed by atoms with Crippen molar-refractivity contribution in [2.75, 3.05) is 0 Å². The standard InChI is InChI=1S/C25H18Cl2N2O2/c1-16-4-2-3-5-22(16)29-23(17-6-10-19(26)11-7-17)14-21(28-29)25(31)15-24(30)18-8-12-20(27)13-9-18/h2-14H,15H2,1H3. The van der Waals surface area contributed by atoms with Gasteiger partial charge >= 0.3 is 0 Å². The molecule has 0 fully saturated rings. The minimum absolute atomic E-state index is 0.232. The fourth-order valence-electron chi connectivity index (χ4n) is 3.30. The van der Waals surface area contributed by atoms with Gasteiger partial charge in [0.2, 0.25) is 0 Å². The first kappa shape index (κ1) is 21.0. The second-order valence-corrected chi connectivity index (χ2v) is 8.02. The van der Waals surface area contributed by atoms with Gasteiger partial charge in [0.15, 0.2) is 11.6 Å². The fourth-order valence-corrected chi connectivity index (χ4v) is 3.55. The summed E-state index contributed by atoms with van der Waals surface area (Å²) in [6, 6.07) is 23.3. The molecule has 6 heteroatoms. The Kier molecular flexibility index (Phi) is 6.03. The maximum absolute atomic E-state index is 12.9. The second-order valence-electron chi connectivity index (χ2n) is 7.15. The van der Waals surface area contributed by atoms with E-state index in [9.17, 15) is 9.59 Å².